The summed E-state index contributed by atoms with van der Waals surface area (Å²) in [7, 11) is 1.33. The van der Waals surface area contributed by atoms with Gasteiger partial charge >= 0.3 is 5.97 Å². The van der Waals surface area contributed by atoms with Crippen molar-refractivity contribution < 1.29 is 14.3 Å². The summed E-state index contributed by atoms with van der Waals surface area (Å²) in [5.74, 6) is -0.701. The second kappa shape index (κ2) is 9.16. The topological polar surface area (TPSA) is 80.3 Å². The van der Waals surface area contributed by atoms with Gasteiger partial charge in [0.2, 0.25) is 0 Å². The molecule has 1 aromatic heterocycles. The molecule has 0 bridgehead atoms. The molecule has 1 fully saturated rings. The number of benzene rings is 1. The van der Waals surface area contributed by atoms with Crippen molar-refractivity contribution in [2.24, 2.45) is 0 Å². The fourth-order valence-corrected chi connectivity index (χ4v) is 3.28. The number of aromatic nitrogens is 1. The molecule has 1 aliphatic rings. The molecule has 3 rings (SSSR count). The minimum atomic E-state index is -0.411. The van der Waals surface area contributed by atoms with E-state index in [1.165, 1.54) is 45.6 Å². The summed E-state index contributed by atoms with van der Waals surface area (Å²) in [5, 5.41) is 6.30. The average Bonchev–Trinajstić information content (AvgIpc) is 2.97. The molecule has 1 saturated carbocycles. The molecular formula is C21H25N3O3. The van der Waals surface area contributed by atoms with Crippen LogP contribution >= 0.6 is 0 Å². The lowest BCUT2D eigenvalue weighted by Crippen LogP contribution is -2.19. The van der Waals surface area contributed by atoms with Crippen molar-refractivity contribution in [1.29, 1.82) is 0 Å². The van der Waals surface area contributed by atoms with Crippen molar-refractivity contribution in [1.82, 2.24) is 4.98 Å². The van der Waals surface area contributed by atoms with Crippen LogP contribution in [0.1, 0.15) is 59.4 Å². The zero-order valence-electron chi connectivity index (χ0n) is 15.5. The highest BCUT2D eigenvalue weighted by atomic mass is 16.5. The van der Waals surface area contributed by atoms with Gasteiger partial charge in [-0.2, -0.15) is 0 Å². The molecule has 27 heavy (non-hydrogen) atoms. The monoisotopic (exact) mass is 367 g/mol. The molecule has 2 N–H and O–H groups in total. The SMILES string of the molecule is COC(=O)c1ccc(NC(=O)c2ccc(NC3CCCCCC3)cn2)cc1. The van der Waals surface area contributed by atoms with Gasteiger partial charge in [0, 0.05) is 11.7 Å². The Labute approximate surface area is 159 Å². The summed E-state index contributed by atoms with van der Waals surface area (Å²) in [5.41, 5.74) is 2.32. The van der Waals surface area contributed by atoms with Crippen LogP contribution in [-0.4, -0.2) is 30.0 Å². The van der Waals surface area contributed by atoms with Gasteiger partial charge in [-0.15, -0.1) is 0 Å². The van der Waals surface area contributed by atoms with Crippen molar-refractivity contribution in [2.45, 2.75) is 44.6 Å². The van der Waals surface area contributed by atoms with Crippen molar-refractivity contribution in [3.8, 4) is 0 Å². The minimum Gasteiger partial charge on any atom is -0.465 e. The summed E-state index contributed by atoms with van der Waals surface area (Å²) in [4.78, 5) is 28.1. The van der Waals surface area contributed by atoms with E-state index in [0.717, 1.165) is 5.69 Å². The summed E-state index contributed by atoms with van der Waals surface area (Å²) >= 11 is 0. The van der Waals surface area contributed by atoms with E-state index in [4.69, 9.17) is 0 Å². The zero-order valence-corrected chi connectivity index (χ0v) is 15.5. The van der Waals surface area contributed by atoms with Crippen LogP contribution in [-0.2, 0) is 4.74 Å². The van der Waals surface area contributed by atoms with Crippen LogP contribution in [0, 0.1) is 0 Å². The highest BCUT2D eigenvalue weighted by Gasteiger charge is 2.13. The lowest BCUT2D eigenvalue weighted by Gasteiger charge is -2.17. The fraction of sp³-hybridized carbons (Fsp3) is 0.381. The highest BCUT2D eigenvalue weighted by molar-refractivity contribution is 6.03. The van der Waals surface area contributed by atoms with Crippen molar-refractivity contribution in [2.75, 3.05) is 17.7 Å². The van der Waals surface area contributed by atoms with Crippen molar-refractivity contribution >= 4 is 23.3 Å². The Morgan fingerprint density at radius 2 is 1.63 bits per heavy atom. The third-order valence-corrected chi connectivity index (χ3v) is 4.79. The molecule has 0 radical (unpaired) electrons. The molecule has 6 heteroatoms. The fourth-order valence-electron chi connectivity index (χ4n) is 3.28. The van der Waals surface area contributed by atoms with Gasteiger partial charge in [0.1, 0.15) is 5.69 Å². The smallest absolute Gasteiger partial charge is 0.337 e. The molecule has 1 aliphatic carbocycles. The lowest BCUT2D eigenvalue weighted by molar-refractivity contribution is 0.0600. The Hall–Kier alpha value is -2.89. The van der Waals surface area contributed by atoms with Gasteiger partial charge in [-0.3, -0.25) is 4.79 Å². The third kappa shape index (κ3) is 5.29. The number of carbonyl (C=O) groups excluding carboxylic acids is 2. The molecule has 1 heterocycles. The van der Waals surface area contributed by atoms with E-state index in [0.29, 0.717) is 23.0 Å². The Kier molecular flexibility index (Phi) is 6.41. The first-order valence-corrected chi connectivity index (χ1v) is 9.38. The summed E-state index contributed by atoms with van der Waals surface area (Å²) in [6, 6.07) is 10.6. The van der Waals surface area contributed by atoms with Crippen LogP contribution in [0.15, 0.2) is 42.6 Å². The maximum absolute atomic E-state index is 12.4. The molecule has 0 unspecified atom stereocenters. The average molecular weight is 367 g/mol. The predicted molar refractivity (Wildman–Crippen MR) is 105 cm³/mol. The van der Waals surface area contributed by atoms with Crippen LogP contribution in [0.5, 0.6) is 0 Å². The van der Waals surface area contributed by atoms with E-state index in [1.807, 2.05) is 6.07 Å². The Morgan fingerprint density at radius 3 is 2.22 bits per heavy atom. The third-order valence-electron chi connectivity index (χ3n) is 4.79. The number of hydrogen-bond acceptors (Lipinski definition) is 5. The van der Waals surface area contributed by atoms with Gasteiger partial charge in [-0.1, -0.05) is 25.7 Å². The number of carbonyl (C=O) groups is 2. The van der Waals surface area contributed by atoms with Gasteiger partial charge in [0.25, 0.3) is 5.91 Å². The van der Waals surface area contributed by atoms with Gasteiger partial charge in [-0.05, 0) is 49.2 Å². The predicted octanol–water partition coefficient (Wildman–Crippen LogP) is 4.26. The van der Waals surface area contributed by atoms with E-state index in [9.17, 15) is 9.59 Å². The van der Waals surface area contributed by atoms with Crippen LogP contribution in [0.4, 0.5) is 11.4 Å². The number of nitrogens with zero attached hydrogens (tertiary/aromatic N) is 1. The quantitative estimate of drug-likeness (QED) is 0.610. The molecule has 0 aliphatic heterocycles. The first-order valence-electron chi connectivity index (χ1n) is 9.38. The van der Waals surface area contributed by atoms with E-state index < -0.39 is 5.97 Å². The molecule has 2 aromatic rings. The summed E-state index contributed by atoms with van der Waals surface area (Å²) in [6.07, 6.45) is 9.24. The number of anilines is 2. The first kappa shape index (κ1) is 18.9. The van der Waals surface area contributed by atoms with Gasteiger partial charge in [0.05, 0.1) is 24.6 Å². The van der Waals surface area contributed by atoms with E-state index in [-0.39, 0.29) is 5.91 Å². The van der Waals surface area contributed by atoms with E-state index >= 15 is 0 Å². The molecule has 0 saturated heterocycles. The van der Waals surface area contributed by atoms with Crippen LogP contribution in [0.25, 0.3) is 0 Å². The number of pyridine rings is 1. The number of ether oxygens (including phenoxy) is 1. The first-order chi connectivity index (χ1) is 13.2. The van der Waals surface area contributed by atoms with Gasteiger partial charge < -0.3 is 15.4 Å². The molecule has 1 amide bonds. The Morgan fingerprint density at radius 1 is 0.963 bits per heavy atom. The standard InChI is InChI=1S/C21H25N3O3/c1-27-21(26)15-8-10-17(11-9-15)24-20(25)19-13-12-18(14-22-19)23-16-6-4-2-3-5-7-16/h8-14,16,23H,2-7H2,1H3,(H,24,25). The molecule has 0 atom stereocenters. The van der Waals surface area contributed by atoms with Crippen molar-refractivity contribution in [3.63, 3.8) is 0 Å². The Bertz CT molecular complexity index is 764. The van der Waals surface area contributed by atoms with Crippen molar-refractivity contribution in [3.05, 3.63) is 53.9 Å². The second-order valence-electron chi connectivity index (χ2n) is 6.79. The number of nitrogens with one attached hydrogen (secondary N) is 2. The highest BCUT2D eigenvalue weighted by Crippen LogP contribution is 2.21. The molecule has 6 nitrogen and oxygen atoms in total. The minimum absolute atomic E-state index is 0.290. The summed E-state index contributed by atoms with van der Waals surface area (Å²) < 4.78 is 4.66. The van der Waals surface area contributed by atoms with E-state index in [1.54, 1.807) is 36.5 Å². The number of hydrogen-bond donors (Lipinski definition) is 2. The van der Waals surface area contributed by atoms with Gasteiger partial charge in [-0.25, -0.2) is 9.78 Å². The molecule has 142 valence electrons. The summed E-state index contributed by atoms with van der Waals surface area (Å²) in [6.45, 7) is 0. The van der Waals surface area contributed by atoms with E-state index in [2.05, 4.69) is 20.4 Å². The maximum atomic E-state index is 12.4. The molecule has 0 spiro atoms. The maximum Gasteiger partial charge on any atom is 0.337 e. The van der Waals surface area contributed by atoms with Crippen LogP contribution < -0.4 is 10.6 Å². The number of methoxy groups -OCH3 is 1. The normalized spacial score (nSPS) is 14.9. The zero-order chi connectivity index (χ0) is 19.1. The molecular weight excluding hydrogens is 342 g/mol. The number of esters is 1. The lowest BCUT2D eigenvalue weighted by atomic mass is 10.1. The van der Waals surface area contributed by atoms with Gasteiger partial charge in [0.15, 0.2) is 0 Å². The Balaban J connectivity index is 1.57. The molecule has 1 aromatic carbocycles. The number of amides is 1. The van der Waals surface area contributed by atoms with Crippen LogP contribution in [0.3, 0.4) is 0 Å². The second-order valence-corrected chi connectivity index (χ2v) is 6.79. The van der Waals surface area contributed by atoms with Crippen LogP contribution in [0.2, 0.25) is 0 Å². The number of rotatable bonds is 5. The largest absolute Gasteiger partial charge is 0.465 e.